The van der Waals surface area contributed by atoms with Crippen LogP contribution < -0.4 is 19.9 Å². The van der Waals surface area contributed by atoms with Crippen LogP contribution in [-0.2, 0) is 9.59 Å². The summed E-state index contributed by atoms with van der Waals surface area (Å²) in [6.45, 7) is 1.99. The number of methoxy groups -OCH3 is 1. The van der Waals surface area contributed by atoms with Gasteiger partial charge in [0.1, 0.15) is 11.3 Å². The molecule has 30 heavy (non-hydrogen) atoms. The molecule has 0 unspecified atom stereocenters. The summed E-state index contributed by atoms with van der Waals surface area (Å²) in [5, 5.41) is 2.21. The summed E-state index contributed by atoms with van der Waals surface area (Å²) in [6.07, 6.45) is 7.92. The highest BCUT2D eigenvalue weighted by molar-refractivity contribution is 6.39. The molecule has 2 saturated heterocycles. The molecule has 0 spiro atoms. The average Bonchev–Trinajstić information content (AvgIpc) is 2.78. The Hall–Kier alpha value is -3.68. The van der Waals surface area contributed by atoms with Crippen LogP contribution in [-0.4, -0.2) is 43.0 Å². The van der Waals surface area contributed by atoms with Gasteiger partial charge >= 0.3 is 6.03 Å². The van der Waals surface area contributed by atoms with Gasteiger partial charge < -0.3 is 9.64 Å². The van der Waals surface area contributed by atoms with Gasteiger partial charge in [0.15, 0.2) is 0 Å². The van der Waals surface area contributed by atoms with E-state index in [1.807, 2.05) is 18.2 Å². The first-order chi connectivity index (χ1) is 14.6. The molecule has 1 aromatic heterocycles. The number of pyridine rings is 1. The minimum absolute atomic E-state index is 0.150. The number of anilines is 2. The lowest BCUT2D eigenvalue weighted by molar-refractivity contribution is -0.122. The molecule has 154 valence electrons. The number of piperidine rings is 1. The zero-order chi connectivity index (χ0) is 21.1. The lowest BCUT2D eigenvalue weighted by Gasteiger charge is -2.29. The number of benzene rings is 1. The van der Waals surface area contributed by atoms with Crippen molar-refractivity contribution >= 4 is 35.3 Å². The van der Waals surface area contributed by atoms with Crippen LogP contribution in [0.1, 0.15) is 24.8 Å². The number of hydrogen-bond donors (Lipinski definition) is 1. The van der Waals surface area contributed by atoms with Crippen molar-refractivity contribution in [3.63, 3.8) is 0 Å². The second kappa shape index (κ2) is 8.36. The Morgan fingerprint density at radius 2 is 1.87 bits per heavy atom. The van der Waals surface area contributed by atoms with Crippen molar-refractivity contribution in [3.05, 3.63) is 53.9 Å². The SMILES string of the molecule is COc1cc(N2CCCCC2)ccc1/C=C1\C(=O)NC(=O)N(c2cccnc2)C1=O. The van der Waals surface area contributed by atoms with Crippen LogP contribution in [0.5, 0.6) is 5.75 Å². The molecule has 0 saturated carbocycles. The normalized spacial score (nSPS) is 18.6. The van der Waals surface area contributed by atoms with E-state index in [0.717, 1.165) is 36.5 Å². The van der Waals surface area contributed by atoms with Crippen molar-refractivity contribution in [1.82, 2.24) is 10.3 Å². The van der Waals surface area contributed by atoms with Crippen molar-refractivity contribution in [3.8, 4) is 5.75 Å². The van der Waals surface area contributed by atoms with Gasteiger partial charge in [-0.15, -0.1) is 0 Å². The number of rotatable bonds is 4. The maximum atomic E-state index is 13.0. The van der Waals surface area contributed by atoms with E-state index in [0.29, 0.717) is 11.3 Å². The minimum Gasteiger partial charge on any atom is -0.496 e. The van der Waals surface area contributed by atoms with Gasteiger partial charge in [-0.25, -0.2) is 9.69 Å². The van der Waals surface area contributed by atoms with E-state index in [2.05, 4.69) is 15.2 Å². The van der Waals surface area contributed by atoms with Crippen molar-refractivity contribution < 1.29 is 19.1 Å². The molecule has 2 aliphatic rings. The van der Waals surface area contributed by atoms with Crippen molar-refractivity contribution in [2.24, 2.45) is 0 Å². The van der Waals surface area contributed by atoms with Crippen LogP contribution in [0.2, 0.25) is 0 Å². The van der Waals surface area contributed by atoms with E-state index in [1.165, 1.54) is 24.9 Å². The van der Waals surface area contributed by atoms with Crippen molar-refractivity contribution in [1.29, 1.82) is 0 Å². The van der Waals surface area contributed by atoms with Crippen LogP contribution in [0.25, 0.3) is 6.08 Å². The molecule has 2 fully saturated rings. The van der Waals surface area contributed by atoms with Crippen LogP contribution in [0.3, 0.4) is 0 Å². The zero-order valence-electron chi connectivity index (χ0n) is 16.6. The fourth-order valence-corrected chi connectivity index (χ4v) is 3.70. The monoisotopic (exact) mass is 406 g/mol. The molecule has 8 heteroatoms. The van der Waals surface area contributed by atoms with Crippen molar-refractivity contribution in [2.75, 3.05) is 30.0 Å². The molecule has 0 aliphatic carbocycles. The summed E-state index contributed by atoms with van der Waals surface area (Å²) in [4.78, 5) is 44.7. The molecule has 4 amide bonds. The number of barbiturate groups is 1. The smallest absolute Gasteiger partial charge is 0.336 e. The number of carbonyl (C=O) groups excluding carboxylic acids is 3. The van der Waals surface area contributed by atoms with Gasteiger partial charge in [-0.05, 0) is 49.6 Å². The predicted molar refractivity (Wildman–Crippen MR) is 112 cm³/mol. The molecule has 4 rings (SSSR count). The second-order valence-electron chi connectivity index (χ2n) is 7.14. The molecule has 0 radical (unpaired) electrons. The third-order valence-electron chi connectivity index (χ3n) is 5.24. The number of urea groups is 1. The van der Waals surface area contributed by atoms with E-state index in [9.17, 15) is 14.4 Å². The number of nitrogens with one attached hydrogen (secondary N) is 1. The first-order valence-corrected chi connectivity index (χ1v) is 9.83. The number of amides is 4. The Morgan fingerprint density at radius 1 is 1.07 bits per heavy atom. The first-order valence-electron chi connectivity index (χ1n) is 9.83. The number of ether oxygens (including phenoxy) is 1. The van der Waals surface area contributed by atoms with E-state index >= 15 is 0 Å². The fraction of sp³-hybridized carbons (Fsp3) is 0.273. The van der Waals surface area contributed by atoms with Gasteiger partial charge in [-0.1, -0.05) is 0 Å². The Balaban J connectivity index is 1.68. The van der Waals surface area contributed by atoms with Gasteiger partial charge in [0, 0.05) is 36.6 Å². The van der Waals surface area contributed by atoms with E-state index in [4.69, 9.17) is 4.74 Å². The molecule has 2 aromatic rings. The van der Waals surface area contributed by atoms with E-state index in [-0.39, 0.29) is 11.3 Å². The van der Waals surface area contributed by atoms with Gasteiger partial charge in [0.2, 0.25) is 0 Å². The lowest BCUT2D eigenvalue weighted by Crippen LogP contribution is -2.54. The zero-order valence-corrected chi connectivity index (χ0v) is 16.6. The minimum atomic E-state index is -0.803. The van der Waals surface area contributed by atoms with Gasteiger partial charge in [-0.2, -0.15) is 0 Å². The third-order valence-corrected chi connectivity index (χ3v) is 5.24. The highest BCUT2D eigenvalue weighted by Gasteiger charge is 2.37. The molecule has 1 aromatic carbocycles. The quantitative estimate of drug-likeness (QED) is 0.620. The van der Waals surface area contributed by atoms with E-state index < -0.39 is 17.8 Å². The standard InChI is InChI=1S/C22H22N4O4/c1-30-19-13-16(25-10-3-2-4-11-25)8-7-15(19)12-18-20(27)24-22(29)26(21(18)28)17-6-5-9-23-14-17/h5-9,12-14H,2-4,10-11H2,1H3,(H,24,27,29)/b18-12+. The summed E-state index contributed by atoms with van der Waals surface area (Å²) in [7, 11) is 1.55. The third kappa shape index (κ3) is 3.76. The van der Waals surface area contributed by atoms with Crippen molar-refractivity contribution in [2.45, 2.75) is 19.3 Å². The topological polar surface area (TPSA) is 91.8 Å². The maximum absolute atomic E-state index is 13.0. The molecular formula is C22H22N4O4. The Labute approximate surface area is 174 Å². The van der Waals surface area contributed by atoms with Gasteiger partial charge in [-0.3, -0.25) is 19.9 Å². The Morgan fingerprint density at radius 3 is 2.57 bits per heavy atom. The highest BCUT2D eigenvalue weighted by atomic mass is 16.5. The summed E-state index contributed by atoms with van der Waals surface area (Å²) in [5.41, 5.74) is 1.76. The molecule has 2 aliphatic heterocycles. The second-order valence-corrected chi connectivity index (χ2v) is 7.14. The Bertz CT molecular complexity index is 1010. The van der Waals surface area contributed by atoms with Crippen LogP contribution in [0.4, 0.5) is 16.2 Å². The average molecular weight is 406 g/mol. The number of carbonyl (C=O) groups is 3. The number of hydrogen-bond acceptors (Lipinski definition) is 6. The Kier molecular flexibility index (Phi) is 5.47. The summed E-state index contributed by atoms with van der Waals surface area (Å²) in [5.74, 6) is -0.901. The summed E-state index contributed by atoms with van der Waals surface area (Å²) in [6, 6.07) is 8.07. The van der Waals surface area contributed by atoms with Gasteiger partial charge in [0.25, 0.3) is 11.8 Å². The van der Waals surface area contributed by atoms with Crippen LogP contribution >= 0.6 is 0 Å². The summed E-state index contributed by atoms with van der Waals surface area (Å²) < 4.78 is 5.52. The van der Waals surface area contributed by atoms with Crippen LogP contribution in [0.15, 0.2) is 48.3 Å². The lowest BCUT2D eigenvalue weighted by atomic mass is 10.0. The number of imide groups is 2. The van der Waals surface area contributed by atoms with Crippen LogP contribution in [0, 0.1) is 0 Å². The molecule has 1 N–H and O–H groups in total. The molecule has 8 nitrogen and oxygen atoms in total. The maximum Gasteiger partial charge on any atom is 0.336 e. The first kappa shape index (κ1) is 19.6. The number of nitrogens with zero attached hydrogens (tertiary/aromatic N) is 3. The fourth-order valence-electron chi connectivity index (χ4n) is 3.70. The highest BCUT2D eigenvalue weighted by Crippen LogP contribution is 2.30. The molecule has 3 heterocycles. The van der Waals surface area contributed by atoms with Gasteiger partial charge in [0.05, 0.1) is 19.0 Å². The largest absolute Gasteiger partial charge is 0.496 e. The summed E-state index contributed by atoms with van der Waals surface area (Å²) >= 11 is 0. The molecular weight excluding hydrogens is 384 g/mol. The molecule has 0 atom stereocenters. The molecule has 0 bridgehead atoms. The number of aromatic nitrogens is 1. The van der Waals surface area contributed by atoms with E-state index in [1.54, 1.807) is 19.2 Å². The predicted octanol–water partition coefficient (Wildman–Crippen LogP) is 2.75.